The first-order valence-electron chi connectivity index (χ1n) is 9.86. The molecule has 3 rings (SSSR count). The van der Waals surface area contributed by atoms with E-state index in [4.69, 9.17) is 9.16 Å². The van der Waals surface area contributed by atoms with Crippen LogP contribution in [-0.2, 0) is 9.16 Å². The number of nitrogens with zero attached hydrogens (tertiary/aromatic N) is 3. The van der Waals surface area contributed by atoms with Crippen molar-refractivity contribution in [2.24, 2.45) is 0 Å². The number of imidazole rings is 1. The number of aromatic nitrogens is 2. The third-order valence-corrected chi connectivity index (χ3v) is 11.3. The molecular weight excluding hydrogens is 406 g/mol. The number of aliphatic hydroxyl groups excluding tert-OH is 1. The van der Waals surface area contributed by atoms with E-state index in [9.17, 15) is 9.90 Å². The molecule has 1 aliphatic rings. The molecule has 0 bridgehead atoms. The van der Waals surface area contributed by atoms with Crippen molar-refractivity contribution in [3.63, 3.8) is 0 Å². The maximum atomic E-state index is 12.7. The van der Waals surface area contributed by atoms with Crippen LogP contribution in [0.3, 0.4) is 0 Å². The van der Waals surface area contributed by atoms with Gasteiger partial charge in [-0.25, -0.2) is 9.78 Å². The van der Waals surface area contributed by atoms with Gasteiger partial charge < -0.3 is 14.3 Å². The Bertz CT molecular complexity index is 873. The second-order valence-electron chi connectivity index (χ2n) is 8.99. The number of aliphatic hydroxyl groups is 1. The molecular formula is C20H31N3O4SSi. The summed E-state index contributed by atoms with van der Waals surface area (Å²) in [7, 11) is -2.02. The highest BCUT2D eigenvalue weighted by Gasteiger charge is 2.46. The van der Waals surface area contributed by atoms with Crippen molar-refractivity contribution < 1.29 is 19.1 Å². The van der Waals surface area contributed by atoms with E-state index >= 15 is 0 Å². The van der Waals surface area contributed by atoms with Gasteiger partial charge in [-0.05, 0) is 24.6 Å². The fourth-order valence-electron chi connectivity index (χ4n) is 3.37. The molecule has 0 radical (unpaired) electrons. The highest BCUT2D eigenvalue weighted by atomic mass is 32.1. The van der Waals surface area contributed by atoms with Crippen LogP contribution < -0.4 is 0 Å². The summed E-state index contributed by atoms with van der Waals surface area (Å²) in [6.07, 6.45) is 4.14. The molecule has 160 valence electrons. The van der Waals surface area contributed by atoms with E-state index < -0.39 is 26.6 Å². The lowest BCUT2D eigenvalue weighted by atomic mass is 10.1. The maximum absolute atomic E-state index is 12.7. The number of fused-ring (bicyclic) bond motifs is 1. The van der Waals surface area contributed by atoms with Gasteiger partial charge in [0.25, 0.3) is 0 Å². The van der Waals surface area contributed by atoms with Crippen LogP contribution in [0.1, 0.15) is 39.1 Å². The van der Waals surface area contributed by atoms with E-state index in [2.05, 4.69) is 45.4 Å². The van der Waals surface area contributed by atoms with E-state index in [0.29, 0.717) is 18.8 Å². The molecule has 0 saturated carbocycles. The Hall–Kier alpha value is -1.68. The fourth-order valence-corrected chi connectivity index (χ4v) is 5.44. The Kier molecular flexibility index (Phi) is 6.23. The van der Waals surface area contributed by atoms with Crippen LogP contribution in [0, 0.1) is 0 Å². The number of hydrogen-bond acceptors (Lipinski definition) is 6. The first-order chi connectivity index (χ1) is 13.5. The van der Waals surface area contributed by atoms with Crippen LogP contribution >= 0.6 is 11.3 Å². The van der Waals surface area contributed by atoms with Crippen molar-refractivity contribution in [2.75, 3.05) is 13.2 Å². The van der Waals surface area contributed by atoms with Gasteiger partial charge >= 0.3 is 6.09 Å². The van der Waals surface area contributed by atoms with Gasteiger partial charge in [0.15, 0.2) is 8.32 Å². The second kappa shape index (κ2) is 8.21. The van der Waals surface area contributed by atoms with Crippen LogP contribution in [-0.4, -0.2) is 59.1 Å². The lowest BCUT2D eigenvalue weighted by Gasteiger charge is -2.38. The highest BCUT2D eigenvalue weighted by Crippen LogP contribution is 2.40. The summed E-state index contributed by atoms with van der Waals surface area (Å²) < 4.78 is 13.7. The number of ether oxygens (including phenoxy) is 1. The number of hydrogen-bond donors (Lipinski definition) is 1. The van der Waals surface area contributed by atoms with E-state index in [1.807, 2.05) is 16.0 Å². The molecule has 1 aliphatic heterocycles. The third kappa shape index (κ3) is 4.42. The SMILES string of the molecule is C=CCOC(=O)N1C[C@H](O[Si](C)(C)C(C)(C)C)C[C@H]1C(O)c1ncc2sccn12. The zero-order chi connectivity index (χ0) is 21.4. The van der Waals surface area contributed by atoms with Gasteiger partial charge in [0.2, 0.25) is 0 Å². The third-order valence-electron chi connectivity index (χ3n) is 5.95. The number of likely N-dealkylation sites (tertiary alicyclic amines) is 1. The van der Waals surface area contributed by atoms with Gasteiger partial charge in [-0.2, -0.15) is 0 Å². The summed E-state index contributed by atoms with van der Waals surface area (Å²) in [6.45, 7) is 15.1. The summed E-state index contributed by atoms with van der Waals surface area (Å²) in [6, 6.07) is -0.465. The average molecular weight is 438 g/mol. The molecule has 1 amide bonds. The minimum Gasteiger partial charge on any atom is -0.445 e. The first-order valence-corrected chi connectivity index (χ1v) is 13.6. The van der Waals surface area contributed by atoms with Crippen LogP contribution in [0.4, 0.5) is 4.79 Å². The molecule has 0 aromatic carbocycles. The van der Waals surface area contributed by atoms with E-state index in [1.165, 1.54) is 6.08 Å². The van der Waals surface area contributed by atoms with Gasteiger partial charge in [-0.3, -0.25) is 9.30 Å². The van der Waals surface area contributed by atoms with Crippen molar-refractivity contribution in [1.29, 1.82) is 0 Å². The highest BCUT2D eigenvalue weighted by molar-refractivity contribution is 7.15. The molecule has 1 saturated heterocycles. The largest absolute Gasteiger partial charge is 0.445 e. The molecule has 2 aromatic rings. The van der Waals surface area contributed by atoms with Crippen LogP contribution in [0.25, 0.3) is 4.83 Å². The van der Waals surface area contributed by atoms with Gasteiger partial charge in [-0.1, -0.05) is 33.4 Å². The average Bonchev–Trinajstić information content (AvgIpc) is 3.32. The summed E-state index contributed by atoms with van der Waals surface area (Å²) in [5, 5.41) is 13.2. The molecule has 1 fully saturated rings. The lowest BCUT2D eigenvalue weighted by Crippen LogP contribution is -2.45. The molecule has 0 aliphatic carbocycles. The molecule has 9 heteroatoms. The predicted octanol–water partition coefficient (Wildman–Crippen LogP) is 4.22. The zero-order valence-corrected chi connectivity index (χ0v) is 19.6. The number of thiazole rings is 1. The Labute approximate surface area is 177 Å². The summed E-state index contributed by atoms with van der Waals surface area (Å²) >= 11 is 1.55. The number of carbonyl (C=O) groups is 1. The standard InChI is InChI=1S/C20H31N3O4SSi/c1-7-9-26-19(25)23-13-14(27-29(5,6)20(2,3)4)11-15(23)17(24)18-21-12-16-22(18)8-10-28-16/h7-8,10,12,14-15,17,24H,1,9,11,13H2,2-6H3/t14-,15+,17?/m1/s1. The molecule has 2 aromatic heterocycles. The van der Waals surface area contributed by atoms with Crippen molar-refractivity contribution in [3.8, 4) is 0 Å². The Balaban J connectivity index is 1.84. The molecule has 1 N–H and O–H groups in total. The minimum atomic E-state index is -2.02. The van der Waals surface area contributed by atoms with Gasteiger partial charge in [0.05, 0.1) is 18.3 Å². The quantitative estimate of drug-likeness (QED) is 0.541. The molecule has 7 nitrogen and oxygen atoms in total. The van der Waals surface area contributed by atoms with Crippen molar-refractivity contribution in [2.45, 2.75) is 63.6 Å². The molecule has 3 heterocycles. The van der Waals surface area contributed by atoms with Crippen molar-refractivity contribution in [1.82, 2.24) is 14.3 Å². The number of carbonyl (C=O) groups excluding carboxylic acids is 1. The van der Waals surface area contributed by atoms with Crippen molar-refractivity contribution in [3.05, 3.63) is 36.3 Å². The molecule has 0 spiro atoms. The van der Waals surface area contributed by atoms with Crippen LogP contribution in [0.15, 0.2) is 30.4 Å². The maximum Gasteiger partial charge on any atom is 0.410 e. The normalized spacial score (nSPS) is 21.5. The monoisotopic (exact) mass is 437 g/mol. The van der Waals surface area contributed by atoms with E-state index in [1.54, 1.807) is 22.4 Å². The van der Waals surface area contributed by atoms with Gasteiger partial charge in [0.1, 0.15) is 23.4 Å². The number of rotatable bonds is 6. The van der Waals surface area contributed by atoms with E-state index in [0.717, 1.165) is 4.83 Å². The predicted molar refractivity (Wildman–Crippen MR) is 117 cm³/mol. The van der Waals surface area contributed by atoms with Gasteiger partial charge in [-0.15, -0.1) is 11.3 Å². The van der Waals surface area contributed by atoms with Crippen LogP contribution in [0.5, 0.6) is 0 Å². The summed E-state index contributed by atoms with van der Waals surface area (Å²) in [5.41, 5.74) is 0. The van der Waals surface area contributed by atoms with Gasteiger partial charge in [0, 0.05) is 18.1 Å². The first kappa shape index (κ1) is 22.0. The fraction of sp³-hybridized carbons (Fsp3) is 0.600. The Morgan fingerprint density at radius 2 is 2.24 bits per heavy atom. The summed E-state index contributed by atoms with van der Waals surface area (Å²) in [5.74, 6) is 0.528. The molecule has 29 heavy (non-hydrogen) atoms. The minimum absolute atomic E-state index is 0.0593. The lowest BCUT2D eigenvalue weighted by molar-refractivity contribution is 0.0508. The Morgan fingerprint density at radius 3 is 2.90 bits per heavy atom. The van der Waals surface area contributed by atoms with Crippen molar-refractivity contribution >= 4 is 30.6 Å². The molecule has 3 atom stereocenters. The Morgan fingerprint density at radius 1 is 1.52 bits per heavy atom. The molecule has 1 unspecified atom stereocenters. The second-order valence-corrected chi connectivity index (χ2v) is 14.7. The number of amides is 1. The zero-order valence-electron chi connectivity index (χ0n) is 17.8. The topological polar surface area (TPSA) is 76.3 Å². The van der Waals surface area contributed by atoms with E-state index in [-0.39, 0.29) is 17.7 Å². The van der Waals surface area contributed by atoms with Crippen LogP contribution in [0.2, 0.25) is 18.1 Å². The summed E-state index contributed by atoms with van der Waals surface area (Å²) in [4.78, 5) is 19.6. The smallest absolute Gasteiger partial charge is 0.410 e.